The minimum Gasteiger partial charge on any atom is -0.460 e. The summed E-state index contributed by atoms with van der Waals surface area (Å²) in [6.07, 6.45) is 4.44. The number of benzene rings is 1. The number of ether oxygens (including phenoxy) is 1. The maximum atomic E-state index is 11.9. The van der Waals surface area contributed by atoms with Crippen LogP contribution in [0.2, 0.25) is 0 Å². The van der Waals surface area contributed by atoms with Crippen LogP contribution < -0.4 is 5.32 Å². The first-order chi connectivity index (χ1) is 11.1. The highest BCUT2D eigenvalue weighted by atomic mass is 16.5. The molecule has 6 nitrogen and oxygen atoms in total. The Morgan fingerprint density at radius 2 is 2.09 bits per heavy atom. The van der Waals surface area contributed by atoms with Gasteiger partial charge in [0.2, 0.25) is 5.91 Å². The summed E-state index contributed by atoms with van der Waals surface area (Å²) in [5.74, 6) is 0.263. The van der Waals surface area contributed by atoms with Gasteiger partial charge in [0.1, 0.15) is 6.61 Å². The fourth-order valence-corrected chi connectivity index (χ4v) is 2.36. The highest BCUT2D eigenvalue weighted by Gasteiger charge is 2.39. The molecular formula is C17H19N3O3. The van der Waals surface area contributed by atoms with Crippen LogP contribution in [0.25, 0.3) is 0 Å². The predicted molar refractivity (Wildman–Crippen MR) is 84.9 cm³/mol. The number of rotatable bonds is 6. The number of carbonyl (C=O) groups excluding carboxylic acids is 2. The summed E-state index contributed by atoms with van der Waals surface area (Å²) in [4.78, 5) is 23.8. The lowest BCUT2D eigenvalue weighted by molar-refractivity contribution is -0.117. The van der Waals surface area contributed by atoms with E-state index in [4.69, 9.17) is 4.74 Å². The number of hydrogen-bond acceptors (Lipinski definition) is 4. The summed E-state index contributed by atoms with van der Waals surface area (Å²) in [6.45, 7) is 2.84. The number of nitrogens with zero attached hydrogens (tertiary/aromatic N) is 2. The van der Waals surface area contributed by atoms with Crippen LogP contribution in [0, 0.1) is 11.8 Å². The minimum absolute atomic E-state index is 0.0482. The van der Waals surface area contributed by atoms with Gasteiger partial charge in [0.15, 0.2) is 0 Å². The summed E-state index contributed by atoms with van der Waals surface area (Å²) in [6, 6.07) is 8.56. The van der Waals surface area contributed by atoms with Crippen LogP contribution >= 0.6 is 0 Å². The van der Waals surface area contributed by atoms with E-state index >= 15 is 0 Å². The van der Waals surface area contributed by atoms with Crippen molar-refractivity contribution >= 4 is 17.6 Å². The molecule has 1 N–H and O–H groups in total. The number of amides is 1. The van der Waals surface area contributed by atoms with Crippen LogP contribution in [0.5, 0.6) is 0 Å². The maximum Gasteiger partial charge on any atom is 0.338 e. The lowest BCUT2D eigenvalue weighted by Crippen LogP contribution is -2.15. The van der Waals surface area contributed by atoms with Gasteiger partial charge in [0.05, 0.1) is 12.1 Å². The monoisotopic (exact) mass is 313 g/mol. The second-order valence-electron chi connectivity index (χ2n) is 5.79. The van der Waals surface area contributed by atoms with Gasteiger partial charge in [-0.1, -0.05) is 6.92 Å². The molecule has 3 rings (SSSR count). The van der Waals surface area contributed by atoms with E-state index in [0.29, 0.717) is 23.7 Å². The van der Waals surface area contributed by atoms with E-state index in [9.17, 15) is 9.59 Å². The molecule has 0 bridgehead atoms. The highest BCUT2D eigenvalue weighted by Crippen LogP contribution is 2.38. The van der Waals surface area contributed by atoms with E-state index in [2.05, 4.69) is 17.3 Å². The number of esters is 1. The van der Waals surface area contributed by atoms with Gasteiger partial charge in [-0.3, -0.25) is 9.48 Å². The lowest BCUT2D eigenvalue weighted by atomic mass is 10.2. The SMILES string of the molecule is C[C@H]1C[C@H]1C(=O)Nc1ccc(C(=O)OCCn2cccn2)cc1. The molecule has 0 saturated heterocycles. The molecule has 120 valence electrons. The Balaban J connectivity index is 1.48. The number of carbonyl (C=O) groups is 2. The number of anilines is 1. The van der Waals surface area contributed by atoms with Crippen molar-refractivity contribution < 1.29 is 14.3 Å². The Morgan fingerprint density at radius 3 is 2.70 bits per heavy atom. The Morgan fingerprint density at radius 1 is 1.35 bits per heavy atom. The molecule has 0 aliphatic heterocycles. The molecule has 0 spiro atoms. The molecular weight excluding hydrogens is 294 g/mol. The van der Waals surface area contributed by atoms with Crippen LogP contribution in [-0.2, 0) is 16.1 Å². The first-order valence-electron chi connectivity index (χ1n) is 7.69. The van der Waals surface area contributed by atoms with Crippen molar-refractivity contribution in [3.63, 3.8) is 0 Å². The second kappa shape index (κ2) is 6.64. The summed E-state index contributed by atoms with van der Waals surface area (Å²) in [5.41, 5.74) is 1.16. The maximum absolute atomic E-state index is 11.9. The van der Waals surface area contributed by atoms with Gasteiger partial charge >= 0.3 is 5.97 Å². The number of hydrogen-bond donors (Lipinski definition) is 1. The molecule has 1 aliphatic carbocycles. The van der Waals surface area contributed by atoms with Crippen molar-refractivity contribution in [1.82, 2.24) is 9.78 Å². The smallest absolute Gasteiger partial charge is 0.338 e. The molecule has 1 heterocycles. The third-order valence-electron chi connectivity index (χ3n) is 3.95. The van der Waals surface area contributed by atoms with Crippen molar-refractivity contribution in [3.8, 4) is 0 Å². The lowest BCUT2D eigenvalue weighted by Gasteiger charge is -2.07. The molecule has 23 heavy (non-hydrogen) atoms. The first-order valence-corrected chi connectivity index (χ1v) is 7.69. The Kier molecular flexibility index (Phi) is 4.41. The van der Waals surface area contributed by atoms with Crippen molar-refractivity contribution in [3.05, 3.63) is 48.3 Å². The topological polar surface area (TPSA) is 73.2 Å². The van der Waals surface area contributed by atoms with Gasteiger partial charge in [-0.05, 0) is 42.7 Å². The molecule has 6 heteroatoms. The van der Waals surface area contributed by atoms with Crippen LogP contribution in [0.1, 0.15) is 23.7 Å². The molecule has 0 radical (unpaired) electrons. The van der Waals surface area contributed by atoms with Crippen LogP contribution in [-0.4, -0.2) is 28.3 Å². The van der Waals surface area contributed by atoms with Crippen molar-refractivity contribution in [2.24, 2.45) is 11.8 Å². The molecule has 2 atom stereocenters. The molecule has 1 aromatic carbocycles. The van der Waals surface area contributed by atoms with Crippen molar-refractivity contribution in [2.45, 2.75) is 19.9 Å². The fourth-order valence-electron chi connectivity index (χ4n) is 2.36. The van der Waals surface area contributed by atoms with E-state index in [1.165, 1.54) is 0 Å². The normalized spacial score (nSPS) is 19.2. The second-order valence-corrected chi connectivity index (χ2v) is 5.79. The van der Waals surface area contributed by atoms with Gasteiger partial charge in [-0.25, -0.2) is 4.79 Å². The molecule has 1 aromatic heterocycles. The quantitative estimate of drug-likeness (QED) is 0.831. The average Bonchev–Trinajstić information content (AvgIpc) is 3.06. The van der Waals surface area contributed by atoms with Crippen molar-refractivity contribution in [1.29, 1.82) is 0 Å². The third-order valence-corrected chi connectivity index (χ3v) is 3.95. The fraction of sp³-hybridized carbons (Fsp3) is 0.353. The van der Waals surface area contributed by atoms with Gasteiger partial charge in [-0.2, -0.15) is 5.10 Å². The molecule has 2 aromatic rings. The van der Waals surface area contributed by atoms with Crippen molar-refractivity contribution in [2.75, 3.05) is 11.9 Å². The zero-order valence-electron chi connectivity index (χ0n) is 12.9. The van der Waals surface area contributed by atoms with Crippen LogP contribution in [0.15, 0.2) is 42.7 Å². The molecule has 1 aliphatic rings. The van der Waals surface area contributed by atoms with Crippen LogP contribution in [0.4, 0.5) is 5.69 Å². The Labute approximate surface area is 134 Å². The molecule has 1 saturated carbocycles. The van der Waals surface area contributed by atoms with Gasteiger partial charge in [0.25, 0.3) is 0 Å². The number of nitrogens with one attached hydrogen (secondary N) is 1. The van der Waals surface area contributed by atoms with E-state index in [1.807, 2.05) is 12.3 Å². The van der Waals surface area contributed by atoms with Gasteiger partial charge < -0.3 is 10.1 Å². The molecule has 1 fully saturated rings. The van der Waals surface area contributed by atoms with Gasteiger partial charge in [0, 0.05) is 24.0 Å². The summed E-state index contributed by atoms with van der Waals surface area (Å²) >= 11 is 0. The molecule has 0 unspecified atom stereocenters. The standard InChI is InChI=1S/C17H19N3O3/c1-12-11-15(12)16(21)19-14-5-3-13(4-6-14)17(22)23-10-9-20-8-2-7-18-20/h2-8,12,15H,9-11H2,1H3,(H,19,21)/t12-,15+/m0/s1. The van der Waals surface area contributed by atoms with E-state index < -0.39 is 0 Å². The Bertz CT molecular complexity index is 680. The largest absolute Gasteiger partial charge is 0.460 e. The highest BCUT2D eigenvalue weighted by molar-refractivity contribution is 5.95. The van der Waals surface area contributed by atoms with Crippen LogP contribution in [0.3, 0.4) is 0 Å². The zero-order valence-corrected chi connectivity index (χ0v) is 12.9. The van der Waals surface area contributed by atoms with E-state index in [0.717, 1.165) is 6.42 Å². The summed E-state index contributed by atoms with van der Waals surface area (Å²) < 4.78 is 6.90. The third kappa shape index (κ3) is 3.97. The first kappa shape index (κ1) is 15.3. The Hall–Kier alpha value is -2.63. The predicted octanol–water partition coefficient (Wildman–Crippen LogP) is 2.33. The summed E-state index contributed by atoms with van der Waals surface area (Å²) in [5, 5.41) is 6.89. The average molecular weight is 313 g/mol. The van der Waals surface area contributed by atoms with E-state index in [1.54, 1.807) is 35.1 Å². The summed E-state index contributed by atoms with van der Waals surface area (Å²) in [7, 11) is 0. The molecule has 1 amide bonds. The minimum atomic E-state index is -0.383. The zero-order chi connectivity index (χ0) is 16.2. The number of aromatic nitrogens is 2. The van der Waals surface area contributed by atoms with E-state index in [-0.39, 0.29) is 24.4 Å². The van der Waals surface area contributed by atoms with Gasteiger partial charge in [-0.15, -0.1) is 0 Å².